The largest absolute Gasteiger partial charge is 0.457 e. The van der Waals surface area contributed by atoms with E-state index in [4.69, 9.17) is 20.4 Å². The minimum atomic E-state index is -0.934. The molecular formula is C20H15ClO4. The van der Waals surface area contributed by atoms with Crippen LogP contribution in [0.2, 0.25) is 5.02 Å². The molecule has 0 aliphatic heterocycles. The van der Waals surface area contributed by atoms with E-state index in [1.54, 1.807) is 24.3 Å². The second-order valence-electron chi connectivity index (χ2n) is 6.11. The highest BCUT2D eigenvalue weighted by molar-refractivity contribution is 6.30. The van der Waals surface area contributed by atoms with Crippen LogP contribution < -0.4 is 5.63 Å². The van der Waals surface area contributed by atoms with Gasteiger partial charge in [0.25, 0.3) is 0 Å². The normalized spacial score (nSPS) is 12.8. The number of aryl methyl sites for hydroxylation is 2. The number of fused-ring (bicyclic) bond motifs is 3. The molecule has 126 valence electrons. The SMILES string of the molecule is Cc1cc(=O)oc2c1ccc1oc([C@@H](O)c3ccc(Cl)cc3)c(C)c12. The summed E-state index contributed by atoms with van der Waals surface area (Å²) in [6, 6.07) is 12.1. The molecule has 0 unspecified atom stereocenters. The third-order valence-electron chi connectivity index (χ3n) is 4.48. The Morgan fingerprint density at radius 2 is 1.76 bits per heavy atom. The molecule has 0 bridgehead atoms. The summed E-state index contributed by atoms with van der Waals surface area (Å²) in [7, 11) is 0. The number of halogens is 1. The van der Waals surface area contributed by atoms with Crippen molar-refractivity contribution < 1.29 is 13.9 Å². The first-order chi connectivity index (χ1) is 12.0. The molecule has 2 aromatic heterocycles. The second-order valence-corrected chi connectivity index (χ2v) is 6.55. The quantitative estimate of drug-likeness (QED) is 0.520. The van der Waals surface area contributed by atoms with Gasteiger partial charge in [-0.15, -0.1) is 0 Å². The number of aliphatic hydroxyl groups excluding tert-OH is 1. The Balaban J connectivity index is 1.97. The monoisotopic (exact) mass is 354 g/mol. The second kappa shape index (κ2) is 5.76. The molecule has 0 amide bonds. The van der Waals surface area contributed by atoms with Gasteiger partial charge in [-0.1, -0.05) is 23.7 Å². The number of furan rings is 1. The molecular weight excluding hydrogens is 340 g/mol. The zero-order chi connectivity index (χ0) is 17.7. The van der Waals surface area contributed by atoms with E-state index in [2.05, 4.69) is 0 Å². The summed E-state index contributed by atoms with van der Waals surface area (Å²) < 4.78 is 11.3. The molecule has 0 spiro atoms. The van der Waals surface area contributed by atoms with Crippen molar-refractivity contribution in [2.45, 2.75) is 20.0 Å². The van der Waals surface area contributed by atoms with Gasteiger partial charge in [0.05, 0.1) is 5.39 Å². The minimum Gasteiger partial charge on any atom is -0.457 e. The molecule has 4 nitrogen and oxygen atoms in total. The maximum atomic E-state index is 11.8. The first-order valence-electron chi connectivity index (χ1n) is 7.85. The molecule has 0 saturated heterocycles. The molecule has 5 heteroatoms. The summed E-state index contributed by atoms with van der Waals surface area (Å²) in [6.45, 7) is 3.71. The average Bonchev–Trinajstić information content (AvgIpc) is 2.92. The van der Waals surface area contributed by atoms with E-state index in [9.17, 15) is 9.90 Å². The van der Waals surface area contributed by atoms with E-state index < -0.39 is 11.7 Å². The van der Waals surface area contributed by atoms with E-state index in [0.717, 1.165) is 16.5 Å². The van der Waals surface area contributed by atoms with Crippen molar-refractivity contribution in [3.8, 4) is 0 Å². The average molecular weight is 355 g/mol. The Bertz CT molecular complexity index is 1150. The van der Waals surface area contributed by atoms with Crippen LogP contribution in [-0.4, -0.2) is 5.11 Å². The lowest BCUT2D eigenvalue weighted by Gasteiger charge is -2.09. The molecule has 4 aromatic rings. The maximum Gasteiger partial charge on any atom is 0.336 e. The number of benzene rings is 2. The van der Waals surface area contributed by atoms with Gasteiger partial charge >= 0.3 is 5.63 Å². The number of hydrogen-bond donors (Lipinski definition) is 1. The fraction of sp³-hybridized carbons (Fsp3) is 0.150. The lowest BCUT2D eigenvalue weighted by molar-refractivity contribution is 0.191. The van der Waals surface area contributed by atoms with Gasteiger partial charge in [0.1, 0.15) is 23.0 Å². The number of aliphatic hydroxyl groups is 1. The summed E-state index contributed by atoms with van der Waals surface area (Å²) in [5, 5.41) is 12.9. The highest BCUT2D eigenvalue weighted by atomic mass is 35.5. The molecule has 0 aliphatic carbocycles. The summed E-state index contributed by atoms with van der Waals surface area (Å²) >= 11 is 5.91. The van der Waals surface area contributed by atoms with E-state index in [0.29, 0.717) is 32.9 Å². The van der Waals surface area contributed by atoms with Gasteiger partial charge in [0.15, 0.2) is 0 Å². The van der Waals surface area contributed by atoms with E-state index in [1.165, 1.54) is 6.07 Å². The fourth-order valence-corrected chi connectivity index (χ4v) is 3.31. The zero-order valence-electron chi connectivity index (χ0n) is 13.7. The highest BCUT2D eigenvalue weighted by Gasteiger charge is 2.22. The molecule has 25 heavy (non-hydrogen) atoms. The van der Waals surface area contributed by atoms with Crippen LogP contribution in [0.3, 0.4) is 0 Å². The molecule has 0 aliphatic rings. The van der Waals surface area contributed by atoms with E-state index >= 15 is 0 Å². The Morgan fingerprint density at radius 1 is 1.04 bits per heavy atom. The number of hydrogen-bond acceptors (Lipinski definition) is 4. The molecule has 0 saturated carbocycles. The molecule has 2 aromatic carbocycles. The van der Waals surface area contributed by atoms with E-state index in [-0.39, 0.29) is 0 Å². The lowest BCUT2D eigenvalue weighted by atomic mass is 10.0. The molecule has 4 rings (SSSR count). The summed E-state index contributed by atoms with van der Waals surface area (Å²) in [4.78, 5) is 11.8. The van der Waals surface area contributed by atoms with Crippen molar-refractivity contribution in [3.05, 3.63) is 80.4 Å². The predicted molar refractivity (Wildman–Crippen MR) is 97.2 cm³/mol. The lowest BCUT2D eigenvalue weighted by Crippen LogP contribution is -2.00. The van der Waals surface area contributed by atoms with Crippen LogP contribution >= 0.6 is 11.6 Å². The van der Waals surface area contributed by atoms with E-state index in [1.807, 2.05) is 26.0 Å². The Kier molecular flexibility index (Phi) is 3.67. The Hall–Kier alpha value is -2.56. The first kappa shape index (κ1) is 15.9. The first-order valence-corrected chi connectivity index (χ1v) is 8.23. The fourth-order valence-electron chi connectivity index (χ4n) is 3.18. The molecule has 0 fully saturated rings. The summed E-state index contributed by atoms with van der Waals surface area (Å²) in [5.41, 5.74) is 2.91. The molecule has 1 atom stereocenters. The van der Waals surface area contributed by atoms with Crippen molar-refractivity contribution >= 4 is 33.5 Å². The maximum absolute atomic E-state index is 11.8. The van der Waals surface area contributed by atoms with Crippen molar-refractivity contribution in [2.75, 3.05) is 0 Å². The van der Waals surface area contributed by atoms with Crippen molar-refractivity contribution in [1.82, 2.24) is 0 Å². The van der Waals surface area contributed by atoms with Gasteiger partial charge in [0, 0.05) is 22.0 Å². The van der Waals surface area contributed by atoms with Crippen LogP contribution in [-0.2, 0) is 0 Å². The Morgan fingerprint density at radius 3 is 2.48 bits per heavy atom. The minimum absolute atomic E-state index is 0.405. The van der Waals surface area contributed by atoms with Gasteiger partial charge in [-0.05, 0) is 49.2 Å². The molecule has 0 radical (unpaired) electrons. The van der Waals surface area contributed by atoms with Gasteiger partial charge in [0.2, 0.25) is 0 Å². The van der Waals surface area contributed by atoms with Crippen LogP contribution in [0.25, 0.3) is 21.9 Å². The topological polar surface area (TPSA) is 63.6 Å². The summed E-state index contributed by atoms with van der Waals surface area (Å²) in [6.07, 6.45) is -0.934. The van der Waals surface area contributed by atoms with Crippen LogP contribution in [0.5, 0.6) is 0 Å². The van der Waals surface area contributed by atoms with Crippen molar-refractivity contribution in [2.24, 2.45) is 0 Å². The summed E-state index contributed by atoms with van der Waals surface area (Å²) in [5.74, 6) is 0.425. The van der Waals surface area contributed by atoms with Gasteiger partial charge in [-0.2, -0.15) is 0 Å². The Labute approximate surface area is 148 Å². The molecule has 2 heterocycles. The van der Waals surface area contributed by atoms with Crippen molar-refractivity contribution in [1.29, 1.82) is 0 Å². The van der Waals surface area contributed by atoms with Gasteiger partial charge in [-0.3, -0.25) is 0 Å². The third kappa shape index (κ3) is 2.54. The van der Waals surface area contributed by atoms with Crippen LogP contribution in [0, 0.1) is 13.8 Å². The zero-order valence-corrected chi connectivity index (χ0v) is 14.4. The van der Waals surface area contributed by atoms with Crippen LogP contribution in [0.1, 0.15) is 28.6 Å². The van der Waals surface area contributed by atoms with Crippen molar-refractivity contribution in [3.63, 3.8) is 0 Å². The number of rotatable bonds is 2. The van der Waals surface area contributed by atoms with Gasteiger partial charge < -0.3 is 13.9 Å². The van der Waals surface area contributed by atoms with Crippen LogP contribution in [0.4, 0.5) is 0 Å². The standard InChI is InChI=1S/C20H15ClO4/c1-10-9-16(22)25-20-14(10)7-8-15-17(20)11(2)19(24-15)18(23)12-3-5-13(21)6-4-12/h3-9,18,23H,1-2H3/t18-/m0/s1. The predicted octanol–water partition coefficient (Wildman–Crippen LogP) is 4.89. The third-order valence-corrected chi connectivity index (χ3v) is 4.73. The highest BCUT2D eigenvalue weighted by Crippen LogP contribution is 2.37. The van der Waals surface area contributed by atoms with Crippen LogP contribution in [0.15, 0.2) is 56.1 Å². The molecule has 1 N–H and O–H groups in total. The van der Waals surface area contributed by atoms with Gasteiger partial charge in [-0.25, -0.2) is 4.79 Å². The smallest absolute Gasteiger partial charge is 0.336 e.